The number of carboxylic acids is 1. The van der Waals surface area contributed by atoms with Crippen molar-refractivity contribution in [2.75, 3.05) is 0 Å². The summed E-state index contributed by atoms with van der Waals surface area (Å²) in [5.74, 6) is -1.35. The second kappa shape index (κ2) is 3.91. The normalized spacial score (nSPS) is 12.1. The zero-order valence-electron chi connectivity index (χ0n) is 7.98. The van der Waals surface area contributed by atoms with Gasteiger partial charge in [-0.05, 0) is 31.5 Å². The maximum absolute atomic E-state index is 10.8. The molecule has 74 valence electrons. The van der Waals surface area contributed by atoms with Crippen LogP contribution in [0.3, 0.4) is 0 Å². The molecule has 0 unspecified atom stereocenters. The Hall–Kier alpha value is -1.84. The summed E-state index contributed by atoms with van der Waals surface area (Å²) in [6, 6.07) is 3.17. The highest BCUT2D eigenvalue weighted by molar-refractivity contribution is 6.15. The number of aliphatic hydroxyl groups is 1. The van der Waals surface area contributed by atoms with Crippen molar-refractivity contribution in [2.45, 2.75) is 13.8 Å². The average Bonchev–Trinajstić information content (AvgIpc) is 2.02. The lowest BCUT2D eigenvalue weighted by Gasteiger charge is -2.04. The van der Waals surface area contributed by atoms with Crippen LogP contribution in [-0.2, 0) is 4.79 Å². The van der Waals surface area contributed by atoms with Crippen molar-refractivity contribution in [2.24, 2.45) is 0 Å². The first-order chi connectivity index (χ1) is 6.52. The maximum Gasteiger partial charge on any atom is 0.339 e. The van der Waals surface area contributed by atoms with Crippen LogP contribution in [0.1, 0.15) is 18.2 Å². The van der Waals surface area contributed by atoms with E-state index in [-0.39, 0.29) is 11.3 Å². The van der Waals surface area contributed by atoms with Gasteiger partial charge in [-0.2, -0.15) is 0 Å². The van der Waals surface area contributed by atoms with Crippen LogP contribution < -0.4 is 0 Å². The number of carbonyl (C=O) groups is 1. The standard InChI is InChI=1S/C10H11NO3/c1-6-5-8(3-4-11-6)9(7(2)12)10(13)14/h3-5,12H,1-2H3,(H,13,14)/b9-7+. The number of hydrogen-bond donors (Lipinski definition) is 2. The van der Waals surface area contributed by atoms with Crippen LogP contribution in [0.25, 0.3) is 5.57 Å². The van der Waals surface area contributed by atoms with E-state index >= 15 is 0 Å². The number of pyridine rings is 1. The summed E-state index contributed by atoms with van der Waals surface area (Å²) in [7, 11) is 0. The van der Waals surface area contributed by atoms with E-state index in [9.17, 15) is 9.90 Å². The van der Waals surface area contributed by atoms with Gasteiger partial charge in [-0.3, -0.25) is 4.98 Å². The van der Waals surface area contributed by atoms with Gasteiger partial charge in [0.05, 0.1) is 0 Å². The molecule has 0 saturated heterocycles. The smallest absolute Gasteiger partial charge is 0.339 e. The molecular formula is C10H11NO3. The van der Waals surface area contributed by atoms with E-state index in [1.54, 1.807) is 19.1 Å². The third kappa shape index (κ3) is 2.10. The van der Waals surface area contributed by atoms with Crippen molar-refractivity contribution >= 4 is 11.5 Å². The fourth-order valence-corrected chi connectivity index (χ4v) is 1.19. The average molecular weight is 193 g/mol. The largest absolute Gasteiger partial charge is 0.512 e. The summed E-state index contributed by atoms with van der Waals surface area (Å²) in [5, 5.41) is 18.1. The molecule has 4 heteroatoms. The second-order valence-corrected chi connectivity index (χ2v) is 2.95. The third-order valence-corrected chi connectivity index (χ3v) is 1.76. The molecule has 14 heavy (non-hydrogen) atoms. The van der Waals surface area contributed by atoms with E-state index in [4.69, 9.17) is 5.11 Å². The first-order valence-electron chi connectivity index (χ1n) is 4.08. The molecule has 4 nitrogen and oxygen atoms in total. The predicted molar refractivity (Wildman–Crippen MR) is 51.8 cm³/mol. The van der Waals surface area contributed by atoms with Crippen molar-refractivity contribution in [3.05, 3.63) is 35.3 Å². The molecular weight excluding hydrogens is 182 g/mol. The summed E-state index contributed by atoms with van der Waals surface area (Å²) < 4.78 is 0. The Morgan fingerprint density at radius 2 is 2.07 bits per heavy atom. The highest BCUT2D eigenvalue weighted by Gasteiger charge is 2.13. The van der Waals surface area contributed by atoms with Crippen LogP contribution in [0.5, 0.6) is 0 Å². The van der Waals surface area contributed by atoms with E-state index in [1.807, 2.05) is 0 Å². The number of carboxylic acid groups (broad SMARTS) is 1. The number of hydrogen-bond acceptors (Lipinski definition) is 3. The summed E-state index contributed by atoms with van der Waals surface area (Å²) >= 11 is 0. The Kier molecular flexibility index (Phi) is 2.86. The molecule has 0 spiro atoms. The monoisotopic (exact) mass is 193 g/mol. The quantitative estimate of drug-likeness (QED) is 0.554. The summed E-state index contributed by atoms with van der Waals surface area (Å²) in [6.45, 7) is 3.11. The predicted octanol–water partition coefficient (Wildman–Crippen LogP) is 1.76. The Balaban J connectivity index is 3.27. The van der Waals surface area contributed by atoms with Crippen molar-refractivity contribution in [3.8, 4) is 0 Å². The van der Waals surface area contributed by atoms with Crippen molar-refractivity contribution < 1.29 is 15.0 Å². The van der Waals surface area contributed by atoms with Gasteiger partial charge < -0.3 is 10.2 Å². The number of aryl methyl sites for hydroxylation is 1. The van der Waals surface area contributed by atoms with Gasteiger partial charge in [0.15, 0.2) is 0 Å². The number of aliphatic hydroxyl groups excluding tert-OH is 1. The molecule has 0 aliphatic heterocycles. The van der Waals surface area contributed by atoms with Gasteiger partial charge in [0.1, 0.15) is 11.3 Å². The first-order valence-corrected chi connectivity index (χ1v) is 4.08. The molecule has 0 aromatic carbocycles. The van der Waals surface area contributed by atoms with Crippen LogP contribution in [0.2, 0.25) is 0 Å². The molecule has 0 fully saturated rings. The molecule has 1 aromatic rings. The van der Waals surface area contributed by atoms with E-state index < -0.39 is 5.97 Å². The van der Waals surface area contributed by atoms with Gasteiger partial charge in [0.2, 0.25) is 0 Å². The Morgan fingerprint density at radius 3 is 2.50 bits per heavy atom. The lowest BCUT2D eigenvalue weighted by atomic mass is 10.1. The molecule has 0 radical (unpaired) electrons. The Bertz CT molecular complexity index is 392. The third-order valence-electron chi connectivity index (χ3n) is 1.76. The summed E-state index contributed by atoms with van der Waals surface area (Å²) in [5.41, 5.74) is 1.09. The second-order valence-electron chi connectivity index (χ2n) is 2.95. The molecule has 0 atom stereocenters. The van der Waals surface area contributed by atoms with Crippen molar-refractivity contribution in [1.82, 2.24) is 4.98 Å². The molecule has 1 aromatic heterocycles. The number of rotatable bonds is 2. The maximum atomic E-state index is 10.8. The zero-order valence-corrected chi connectivity index (χ0v) is 7.98. The lowest BCUT2D eigenvalue weighted by Crippen LogP contribution is -2.03. The zero-order chi connectivity index (χ0) is 10.7. The van der Waals surface area contributed by atoms with Crippen LogP contribution in [0.4, 0.5) is 0 Å². The van der Waals surface area contributed by atoms with Crippen molar-refractivity contribution in [1.29, 1.82) is 0 Å². The Morgan fingerprint density at radius 1 is 1.43 bits per heavy atom. The van der Waals surface area contributed by atoms with E-state index in [1.165, 1.54) is 13.1 Å². The minimum atomic E-state index is -1.14. The highest BCUT2D eigenvalue weighted by atomic mass is 16.4. The molecule has 0 amide bonds. The summed E-state index contributed by atoms with van der Waals surface area (Å²) in [4.78, 5) is 14.8. The van der Waals surface area contributed by atoms with Crippen LogP contribution in [0, 0.1) is 6.92 Å². The van der Waals surface area contributed by atoms with Gasteiger partial charge >= 0.3 is 5.97 Å². The van der Waals surface area contributed by atoms with E-state index in [0.29, 0.717) is 11.3 Å². The first kappa shape index (κ1) is 10.2. The van der Waals surface area contributed by atoms with Crippen molar-refractivity contribution in [3.63, 3.8) is 0 Å². The number of aliphatic carboxylic acids is 1. The SMILES string of the molecule is C/C(O)=C(\C(=O)O)c1ccnc(C)c1. The topological polar surface area (TPSA) is 70.4 Å². The lowest BCUT2D eigenvalue weighted by molar-refractivity contribution is -0.130. The van der Waals surface area contributed by atoms with Gasteiger partial charge in [-0.15, -0.1) is 0 Å². The molecule has 0 aliphatic carbocycles. The van der Waals surface area contributed by atoms with E-state index in [0.717, 1.165) is 0 Å². The van der Waals surface area contributed by atoms with Gasteiger partial charge in [0, 0.05) is 11.9 Å². The van der Waals surface area contributed by atoms with Crippen LogP contribution >= 0.6 is 0 Å². The molecule has 1 heterocycles. The summed E-state index contributed by atoms with van der Waals surface area (Å²) in [6.07, 6.45) is 1.51. The highest BCUT2D eigenvalue weighted by Crippen LogP contribution is 2.17. The Labute approximate surface area is 81.5 Å². The minimum Gasteiger partial charge on any atom is -0.512 e. The molecule has 2 N–H and O–H groups in total. The molecule has 0 bridgehead atoms. The van der Waals surface area contributed by atoms with Crippen LogP contribution in [0.15, 0.2) is 24.1 Å². The molecule has 0 aliphatic rings. The fraction of sp³-hybridized carbons (Fsp3) is 0.200. The van der Waals surface area contributed by atoms with Crippen LogP contribution in [-0.4, -0.2) is 21.2 Å². The number of aromatic nitrogens is 1. The number of nitrogens with zero attached hydrogens (tertiary/aromatic N) is 1. The van der Waals surface area contributed by atoms with E-state index in [2.05, 4.69) is 4.98 Å². The fourth-order valence-electron chi connectivity index (χ4n) is 1.19. The molecule has 0 saturated carbocycles. The van der Waals surface area contributed by atoms with Gasteiger partial charge in [0.25, 0.3) is 0 Å². The molecule has 1 rings (SSSR count). The van der Waals surface area contributed by atoms with Gasteiger partial charge in [-0.25, -0.2) is 4.79 Å². The minimum absolute atomic E-state index is 0.0875. The van der Waals surface area contributed by atoms with Gasteiger partial charge in [-0.1, -0.05) is 0 Å². The number of allylic oxidation sites excluding steroid dienone is 1.